The van der Waals surface area contributed by atoms with Crippen molar-refractivity contribution >= 4 is 0 Å². The molecule has 56 valence electrons. The molecule has 0 bridgehead atoms. The van der Waals surface area contributed by atoms with Gasteiger partial charge in [0.15, 0.2) is 0 Å². The maximum absolute atomic E-state index is 8.14. The summed E-state index contributed by atoms with van der Waals surface area (Å²) in [4.78, 5) is 0. The Morgan fingerprint density at radius 2 is 1.33 bits per heavy atom. The Balaban J connectivity index is -0.0000000800. The van der Waals surface area contributed by atoms with E-state index in [4.69, 9.17) is 10.2 Å². The van der Waals surface area contributed by atoms with Gasteiger partial charge in [0.1, 0.15) is 0 Å². The summed E-state index contributed by atoms with van der Waals surface area (Å²) in [5.74, 6) is 0.440. The van der Waals surface area contributed by atoms with E-state index in [1.54, 1.807) is 6.92 Å². The third kappa shape index (κ3) is 54.8. The standard InChI is InChI=1S/C4H10O.C2H6O.Ti/c1-4(2)3-5;1-2-3;/h4-5H,3H2,1-2H3;3H,2H2,1H3;. The zero-order valence-corrected chi connectivity index (χ0v) is 7.95. The SMILES string of the molecule is CC(C)CO.CCO.[Ti]. The van der Waals surface area contributed by atoms with Gasteiger partial charge in [0.25, 0.3) is 0 Å². The molecule has 0 atom stereocenters. The summed E-state index contributed by atoms with van der Waals surface area (Å²) in [5.41, 5.74) is 0. The van der Waals surface area contributed by atoms with Crippen molar-refractivity contribution < 1.29 is 31.9 Å². The Hall–Kier alpha value is 0.634. The third-order valence-electron chi connectivity index (χ3n) is 0.365. The minimum Gasteiger partial charge on any atom is -0.397 e. The first-order valence-corrected chi connectivity index (χ1v) is 2.90. The number of aliphatic hydroxyl groups is 2. The van der Waals surface area contributed by atoms with Gasteiger partial charge in [0, 0.05) is 34.9 Å². The third-order valence-corrected chi connectivity index (χ3v) is 0.365. The van der Waals surface area contributed by atoms with Crippen LogP contribution in [0.5, 0.6) is 0 Å². The van der Waals surface area contributed by atoms with E-state index < -0.39 is 0 Å². The van der Waals surface area contributed by atoms with Crippen LogP contribution in [0, 0.1) is 5.92 Å². The van der Waals surface area contributed by atoms with Gasteiger partial charge in [0.2, 0.25) is 0 Å². The quantitative estimate of drug-likeness (QED) is 0.563. The molecule has 0 saturated carbocycles. The van der Waals surface area contributed by atoms with Crippen LogP contribution in [0.2, 0.25) is 0 Å². The number of hydrogen-bond donors (Lipinski definition) is 2. The van der Waals surface area contributed by atoms with Gasteiger partial charge < -0.3 is 10.2 Å². The van der Waals surface area contributed by atoms with Crippen LogP contribution >= 0.6 is 0 Å². The molecule has 0 aromatic rings. The average molecular weight is 168 g/mol. The van der Waals surface area contributed by atoms with E-state index in [0.29, 0.717) is 12.5 Å². The monoisotopic (exact) mass is 168 g/mol. The fraction of sp³-hybridized carbons (Fsp3) is 1.00. The van der Waals surface area contributed by atoms with Crippen LogP contribution in [0.15, 0.2) is 0 Å². The summed E-state index contributed by atoms with van der Waals surface area (Å²) in [6.45, 7) is 6.18. The van der Waals surface area contributed by atoms with Crippen molar-refractivity contribution in [3.63, 3.8) is 0 Å². The van der Waals surface area contributed by atoms with E-state index in [2.05, 4.69) is 0 Å². The van der Waals surface area contributed by atoms with Crippen LogP contribution in [-0.4, -0.2) is 23.4 Å². The molecule has 2 nitrogen and oxygen atoms in total. The predicted octanol–water partition coefficient (Wildman–Crippen LogP) is 0.631. The molecule has 0 amide bonds. The minimum atomic E-state index is 0. The Kier molecular flexibility index (Phi) is 28.7. The Morgan fingerprint density at radius 3 is 1.33 bits per heavy atom. The first-order chi connectivity index (χ1) is 3.68. The summed E-state index contributed by atoms with van der Waals surface area (Å²) in [6, 6.07) is 0. The molecular weight excluding hydrogens is 152 g/mol. The van der Waals surface area contributed by atoms with Gasteiger partial charge in [-0.15, -0.1) is 0 Å². The molecule has 0 aliphatic rings. The van der Waals surface area contributed by atoms with Crippen molar-refractivity contribution in [3.8, 4) is 0 Å². The first kappa shape index (κ1) is 16.3. The van der Waals surface area contributed by atoms with Gasteiger partial charge in [0.05, 0.1) is 0 Å². The molecule has 0 spiro atoms. The second-order valence-corrected chi connectivity index (χ2v) is 1.89. The van der Waals surface area contributed by atoms with Crippen molar-refractivity contribution in [2.45, 2.75) is 20.8 Å². The van der Waals surface area contributed by atoms with Crippen LogP contribution in [-0.2, 0) is 21.7 Å². The van der Waals surface area contributed by atoms with Crippen LogP contribution < -0.4 is 0 Å². The molecule has 0 radical (unpaired) electrons. The maximum Gasteiger partial charge on any atom is 0.0453 e. The number of aliphatic hydroxyl groups excluding tert-OH is 2. The maximum atomic E-state index is 8.14. The summed E-state index contributed by atoms with van der Waals surface area (Å²) < 4.78 is 0. The van der Waals surface area contributed by atoms with Crippen LogP contribution in [0.3, 0.4) is 0 Å². The molecule has 0 saturated heterocycles. The van der Waals surface area contributed by atoms with Gasteiger partial charge in [-0.05, 0) is 12.8 Å². The van der Waals surface area contributed by atoms with E-state index in [9.17, 15) is 0 Å². The van der Waals surface area contributed by atoms with Gasteiger partial charge in [-0.25, -0.2) is 0 Å². The van der Waals surface area contributed by atoms with Crippen LogP contribution in [0.1, 0.15) is 20.8 Å². The summed E-state index contributed by atoms with van der Waals surface area (Å²) in [6.07, 6.45) is 0. The van der Waals surface area contributed by atoms with Crippen molar-refractivity contribution in [3.05, 3.63) is 0 Å². The van der Waals surface area contributed by atoms with E-state index in [0.717, 1.165) is 0 Å². The van der Waals surface area contributed by atoms with Crippen LogP contribution in [0.4, 0.5) is 0 Å². The zero-order valence-electron chi connectivity index (χ0n) is 6.39. The molecule has 0 heterocycles. The van der Waals surface area contributed by atoms with Gasteiger partial charge in [-0.1, -0.05) is 13.8 Å². The molecular formula is C6H16O2Ti. The molecule has 9 heavy (non-hydrogen) atoms. The van der Waals surface area contributed by atoms with Crippen molar-refractivity contribution in [1.82, 2.24) is 0 Å². The zero-order chi connectivity index (χ0) is 6.99. The number of rotatable bonds is 1. The molecule has 0 aliphatic carbocycles. The molecule has 3 heteroatoms. The van der Waals surface area contributed by atoms with E-state index in [1.807, 2.05) is 13.8 Å². The smallest absolute Gasteiger partial charge is 0.0453 e. The molecule has 0 fully saturated rings. The van der Waals surface area contributed by atoms with E-state index in [1.165, 1.54) is 0 Å². The van der Waals surface area contributed by atoms with Crippen molar-refractivity contribution in [1.29, 1.82) is 0 Å². The van der Waals surface area contributed by atoms with Gasteiger partial charge in [-0.2, -0.15) is 0 Å². The molecule has 0 aliphatic heterocycles. The average Bonchev–Trinajstić information content (AvgIpc) is 1.69. The molecule has 0 aromatic heterocycles. The fourth-order valence-corrected chi connectivity index (χ4v) is 0. The Labute approximate surface area is 72.2 Å². The largest absolute Gasteiger partial charge is 0.397 e. The van der Waals surface area contributed by atoms with Crippen LogP contribution in [0.25, 0.3) is 0 Å². The molecule has 2 N–H and O–H groups in total. The van der Waals surface area contributed by atoms with E-state index >= 15 is 0 Å². The van der Waals surface area contributed by atoms with Crippen molar-refractivity contribution in [2.75, 3.05) is 13.2 Å². The Morgan fingerprint density at radius 1 is 1.22 bits per heavy atom. The second kappa shape index (κ2) is 15.9. The topological polar surface area (TPSA) is 40.5 Å². The van der Waals surface area contributed by atoms with Crippen molar-refractivity contribution in [2.24, 2.45) is 5.92 Å². The molecule has 0 rings (SSSR count). The molecule has 0 aromatic carbocycles. The first-order valence-electron chi connectivity index (χ1n) is 2.90. The summed E-state index contributed by atoms with van der Waals surface area (Å²) in [7, 11) is 0. The number of hydrogen-bond acceptors (Lipinski definition) is 2. The fourth-order valence-electron chi connectivity index (χ4n) is 0. The summed E-state index contributed by atoms with van der Waals surface area (Å²) >= 11 is 0. The predicted molar refractivity (Wildman–Crippen MR) is 34.7 cm³/mol. The Bertz CT molecular complexity index is 32.2. The van der Waals surface area contributed by atoms with E-state index in [-0.39, 0.29) is 28.3 Å². The minimum absolute atomic E-state index is 0. The molecule has 0 unspecified atom stereocenters. The second-order valence-electron chi connectivity index (χ2n) is 1.89. The van der Waals surface area contributed by atoms with Gasteiger partial charge in [-0.3, -0.25) is 0 Å². The normalized spacial score (nSPS) is 7.33. The van der Waals surface area contributed by atoms with Gasteiger partial charge >= 0.3 is 0 Å². The summed E-state index contributed by atoms with van der Waals surface area (Å²) in [5, 5.41) is 15.7.